The van der Waals surface area contributed by atoms with Crippen LogP contribution in [0.5, 0.6) is 0 Å². The highest BCUT2D eigenvalue weighted by molar-refractivity contribution is 7.89. The molecule has 2 atom stereocenters. The van der Waals surface area contributed by atoms with Crippen LogP contribution in [-0.2, 0) is 20.0 Å². The van der Waals surface area contributed by atoms with E-state index in [0.717, 1.165) is 30.4 Å². The third-order valence-corrected chi connectivity index (χ3v) is 11.8. The zero-order valence-electron chi connectivity index (χ0n) is 26.9. The predicted octanol–water partition coefficient (Wildman–Crippen LogP) is 7.72. The standard InChI is InChI=1S/C36H36Cl2N4O5S2/c1-24-6-18-30(19-7-24)48(43,44)40-32(26-10-14-28(37)15-11-26)34-36(42-22-4-3-5-23-42)47-35(39-34)33(27-12-16-29(38)17-13-27)41-49(45,46)31-20-8-25(2)9-21-31/h6-21,32-33,40-41H,3-5,22-23H2,1-2H3. The van der Waals surface area contributed by atoms with Crippen LogP contribution in [0.2, 0.25) is 10.0 Å². The minimum absolute atomic E-state index is 0.0436. The highest BCUT2D eigenvalue weighted by Crippen LogP contribution is 2.38. The van der Waals surface area contributed by atoms with Crippen LogP contribution in [0.25, 0.3) is 0 Å². The average Bonchev–Trinajstić information content (AvgIpc) is 3.53. The number of nitrogens with zero attached hydrogens (tertiary/aromatic N) is 2. The van der Waals surface area contributed by atoms with Gasteiger partial charge < -0.3 is 9.32 Å². The molecule has 2 heterocycles. The van der Waals surface area contributed by atoms with Gasteiger partial charge in [0, 0.05) is 23.1 Å². The van der Waals surface area contributed by atoms with Gasteiger partial charge in [-0.15, -0.1) is 0 Å². The van der Waals surface area contributed by atoms with Gasteiger partial charge in [0.05, 0.1) is 15.8 Å². The number of piperidine rings is 1. The molecule has 0 amide bonds. The zero-order valence-corrected chi connectivity index (χ0v) is 30.1. The third-order valence-electron chi connectivity index (χ3n) is 8.43. The van der Waals surface area contributed by atoms with Crippen molar-refractivity contribution in [3.8, 4) is 0 Å². The van der Waals surface area contributed by atoms with Crippen LogP contribution in [0.1, 0.15) is 65.2 Å². The molecule has 2 unspecified atom stereocenters. The molecule has 13 heteroatoms. The number of hydrogen-bond donors (Lipinski definition) is 2. The molecular formula is C36H36Cl2N4O5S2. The van der Waals surface area contributed by atoms with Gasteiger partial charge in [-0.1, -0.05) is 82.9 Å². The fourth-order valence-electron chi connectivity index (χ4n) is 5.71. The maximum absolute atomic E-state index is 13.9. The molecule has 1 saturated heterocycles. The van der Waals surface area contributed by atoms with Crippen LogP contribution >= 0.6 is 23.2 Å². The van der Waals surface area contributed by atoms with E-state index in [0.29, 0.717) is 45.8 Å². The van der Waals surface area contributed by atoms with Crippen molar-refractivity contribution in [2.45, 2.75) is 55.0 Å². The molecule has 4 aromatic carbocycles. The van der Waals surface area contributed by atoms with E-state index in [-0.39, 0.29) is 15.7 Å². The molecule has 0 aliphatic carbocycles. The highest BCUT2D eigenvalue weighted by Gasteiger charge is 2.35. The lowest BCUT2D eigenvalue weighted by Crippen LogP contribution is -2.33. The second-order valence-corrected chi connectivity index (χ2v) is 16.4. The van der Waals surface area contributed by atoms with Gasteiger partial charge in [-0.3, -0.25) is 0 Å². The lowest BCUT2D eigenvalue weighted by molar-refractivity contribution is 0.438. The Kier molecular flexibility index (Phi) is 10.5. The summed E-state index contributed by atoms with van der Waals surface area (Å²) in [6, 6.07) is 24.5. The Labute approximate surface area is 297 Å². The van der Waals surface area contributed by atoms with E-state index in [2.05, 4.69) is 9.44 Å². The Bertz CT molecular complexity index is 2120. The van der Waals surface area contributed by atoms with E-state index in [1.807, 2.05) is 18.7 Å². The first kappa shape index (κ1) is 35.1. The molecule has 256 valence electrons. The Morgan fingerprint density at radius 1 is 0.633 bits per heavy atom. The molecule has 1 aliphatic heterocycles. The fraction of sp³-hybridized carbons (Fsp3) is 0.250. The number of rotatable bonds is 11. The largest absolute Gasteiger partial charge is 0.423 e. The number of anilines is 1. The van der Waals surface area contributed by atoms with Gasteiger partial charge in [-0.2, -0.15) is 9.44 Å². The van der Waals surface area contributed by atoms with E-state index >= 15 is 0 Å². The smallest absolute Gasteiger partial charge is 0.241 e. The van der Waals surface area contributed by atoms with E-state index in [4.69, 9.17) is 32.6 Å². The first-order chi connectivity index (χ1) is 23.4. The molecule has 0 radical (unpaired) electrons. The van der Waals surface area contributed by atoms with Gasteiger partial charge in [0.15, 0.2) is 0 Å². The van der Waals surface area contributed by atoms with Crippen molar-refractivity contribution in [3.05, 3.63) is 141 Å². The summed E-state index contributed by atoms with van der Waals surface area (Å²) >= 11 is 12.5. The summed E-state index contributed by atoms with van der Waals surface area (Å²) < 4.78 is 67.6. The molecule has 9 nitrogen and oxygen atoms in total. The van der Waals surface area contributed by atoms with E-state index in [1.54, 1.807) is 84.9 Å². The molecule has 0 spiro atoms. The minimum Gasteiger partial charge on any atom is -0.423 e. The van der Waals surface area contributed by atoms with Gasteiger partial charge in [-0.25, -0.2) is 21.8 Å². The topological polar surface area (TPSA) is 122 Å². The molecule has 2 N–H and O–H groups in total. The molecular weight excluding hydrogens is 703 g/mol. The van der Waals surface area contributed by atoms with Crippen molar-refractivity contribution in [2.75, 3.05) is 18.0 Å². The summed E-state index contributed by atoms with van der Waals surface area (Å²) in [5, 5.41) is 0.952. The highest BCUT2D eigenvalue weighted by atomic mass is 35.5. The molecule has 1 aromatic heterocycles. The van der Waals surface area contributed by atoms with Crippen molar-refractivity contribution < 1.29 is 21.3 Å². The molecule has 1 fully saturated rings. The number of benzene rings is 4. The number of oxazole rings is 1. The van der Waals surface area contributed by atoms with E-state index in [9.17, 15) is 16.8 Å². The van der Waals surface area contributed by atoms with Crippen molar-refractivity contribution in [2.24, 2.45) is 0 Å². The predicted molar refractivity (Wildman–Crippen MR) is 192 cm³/mol. The number of aryl methyl sites for hydroxylation is 2. The Morgan fingerprint density at radius 3 is 1.53 bits per heavy atom. The number of halogens is 2. The maximum Gasteiger partial charge on any atom is 0.241 e. The lowest BCUT2D eigenvalue weighted by Gasteiger charge is -2.28. The van der Waals surface area contributed by atoms with Gasteiger partial charge in [0.1, 0.15) is 11.7 Å². The Morgan fingerprint density at radius 2 is 1.06 bits per heavy atom. The van der Waals surface area contributed by atoms with Crippen molar-refractivity contribution >= 4 is 49.1 Å². The number of aromatic nitrogens is 1. The van der Waals surface area contributed by atoms with Crippen LogP contribution in [-0.4, -0.2) is 34.9 Å². The van der Waals surface area contributed by atoms with E-state index in [1.165, 1.54) is 12.1 Å². The van der Waals surface area contributed by atoms with Gasteiger partial charge >= 0.3 is 0 Å². The molecule has 1 aliphatic rings. The first-order valence-corrected chi connectivity index (χ1v) is 19.6. The van der Waals surface area contributed by atoms with Gasteiger partial charge in [0.25, 0.3) is 0 Å². The summed E-state index contributed by atoms with van der Waals surface area (Å²) in [6.45, 7) is 5.06. The number of hydrogen-bond acceptors (Lipinski definition) is 7. The summed E-state index contributed by atoms with van der Waals surface area (Å²) in [5.74, 6) is 0.400. The summed E-state index contributed by atoms with van der Waals surface area (Å²) in [7, 11) is -8.16. The second-order valence-electron chi connectivity index (χ2n) is 12.1. The monoisotopic (exact) mass is 738 g/mol. The van der Waals surface area contributed by atoms with Crippen LogP contribution < -0.4 is 14.3 Å². The first-order valence-electron chi connectivity index (χ1n) is 15.8. The van der Waals surface area contributed by atoms with Crippen LogP contribution in [0.4, 0.5) is 5.88 Å². The summed E-state index contributed by atoms with van der Waals surface area (Å²) in [5.41, 5.74) is 3.23. The summed E-state index contributed by atoms with van der Waals surface area (Å²) in [6.07, 6.45) is 2.84. The molecule has 6 rings (SSSR count). The van der Waals surface area contributed by atoms with Crippen LogP contribution in [0, 0.1) is 13.8 Å². The third kappa shape index (κ3) is 8.20. The SMILES string of the molecule is Cc1ccc(S(=O)(=O)NC(c2ccc(Cl)cc2)c2nc(C(NS(=O)(=O)c3ccc(C)cc3)c3ccc(Cl)cc3)c(N3CCCCC3)o2)cc1. The molecule has 0 saturated carbocycles. The molecule has 5 aromatic rings. The molecule has 0 bridgehead atoms. The Hall–Kier alpha value is -3.71. The van der Waals surface area contributed by atoms with Crippen molar-refractivity contribution in [1.29, 1.82) is 0 Å². The van der Waals surface area contributed by atoms with Crippen LogP contribution in [0.3, 0.4) is 0 Å². The van der Waals surface area contributed by atoms with Crippen molar-refractivity contribution in [1.82, 2.24) is 14.4 Å². The lowest BCUT2D eigenvalue weighted by atomic mass is 10.0. The fourth-order valence-corrected chi connectivity index (χ4v) is 8.33. The second kappa shape index (κ2) is 14.6. The van der Waals surface area contributed by atoms with Crippen molar-refractivity contribution in [3.63, 3.8) is 0 Å². The average molecular weight is 740 g/mol. The minimum atomic E-state index is -4.08. The normalized spacial score (nSPS) is 15.2. The number of nitrogens with one attached hydrogen (secondary N) is 2. The Balaban J connectivity index is 1.51. The summed E-state index contributed by atoms with van der Waals surface area (Å²) in [4.78, 5) is 7.14. The maximum atomic E-state index is 13.9. The zero-order chi connectivity index (χ0) is 34.8. The quantitative estimate of drug-likeness (QED) is 0.142. The number of sulfonamides is 2. The van der Waals surface area contributed by atoms with Gasteiger partial charge in [-0.05, 0) is 92.8 Å². The van der Waals surface area contributed by atoms with E-state index < -0.39 is 32.1 Å². The molecule has 49 heavy (non-hydrogen) atoms. The van der Waals surface area contributed by atoms with Crippen LogP contribution in [0.15, 0.2) is 111 Å². The van der Waals surface area contributed by atoms with Gasteiger partial charge in [0.2, 0.25) is 31.8 Å².